The van der Waals surface area contributed by atoms with E-state index in [1.165, 1.54) is 16.9 Å². The Morgan fingerprint density at radius 1 is 1.48 bits per heavy atom. The predicted molar refractivity (Wildman–Crippen MR) is 71.9 cm³/mol. The number of nitrogens with one attached hydrogen (secondary N) is 1. The van der Waals surface area contributed by atoms with Crippen LogP contribution >= 0.6 is 0 Å². The van der Waals surface area contributed by atoms with E-state index in [1.54, 1.807) is 32.4 Å². The van der Waals surface area contributed by atoms with Gasteiger partial charge in [0.2, 0.25) is 0 Å². The number of carboxylic acid groups (broad SMARTS) is 1. The summed E-state index contributed by atoms with van der Waals surface area (Å²) in [5.74, 6) is 0.899. The molecule has 2 N–H and O–H groups in total. The van der Waals surface area contributed by atoms with E-state index in [2.05, 4.69) is 25.4 Å². The van der Waals surface area contributed by atoms with Gasteiger partial charge in [-0.3, -0.25) is 4.84 Å². The number of amides is 1. The molecule has 0 spiro atoms. The number of hydrogen-bond donors (Lipinski definition) is 2. The Hall–Kier alpha value is -2.75. The third-order valence-corrected chi connectivity index (χ3v) is 2.65. The van der Waals surface area contributed by atoms with Crippen molar-refractivity contribution in [2.24, 2.45) is 0 Å². The summed E-state index contributed by atoms with van der Waals surface area (Å²) in [4.78, 5) is 28.2. The lowest BCUT2D eigenvalue weighted by atomic mass is 10.3. The minimum absolute atomic E-state index is 0.263. The third-order valence-electron chi connectivity index (χ3n) is 2.65. The van der Waals surface area contributed by atoms with Gasteiger partial charge < -0.3 is 10.4 Å². The molecule has 0 aliphatic heterocycles. The monoisotopic (exact) mass is 293 g/mol. The lowest BCUT2D eigenvalue weighted by Gasteiger charge is -2.10. The van der Waals surface area contributed by atoms with E-state index in [-0.39, 0.29) is 11.9 Å². The Kier molecular flexibility index (Phi) is 4.28. The van der Waals surface area contributed by atoms with E-state index in [0.717, 1.165) is 0 Å². The van der Waals surface area contributed by atoms with Crippen LogP contribution in [0.1, 0.15) is 18.8 Å². The number of nitrogens with zero attached hydrogens (tertiary/aromatic N) is 6. The molecule has 21 heavy (non-hydrogen) atoms. The minimum atomic E-state index is -1.16. The first-order valence-corrected chi connectivity index (χ1v) is 6.04. The summed E-state index contributed by atoms with van der Waals surface area (Å²) >= 11 is 0. The largest absolute Gasteiger partial charge is 0.465 e. The van der Waals surface area contributed by atoms with Crippen molar-refractivity contribution >= 4 is 12.0 Å². The predicted octanol–water partition coefficient (Wildman–Crippen LogP) is 0.383. The Bertz CT molecular complexity index is 616. The van der Waals surface area contributed by atoms with E-state index >= 15 is 0 Å². The fourth-order valence-electron chi connectivity index (χ4n) is 1.61. The van der Waals surface area contributed by atoms with Crippen molar-refractivity contribution in [1.29, 1.82) is 0 Å². The lowest BCUT2D eigenvalue weighted by Crippen LogP contribution is -2.27. The average Bonchev–Trinajstić information content (AvgIpc) is 2.92. The van der Waals surface area contributed by atoms with E-state index < -0.39 is 12.1 Å². The zero-order valence-electron chi connectivity index (χ0n) is 11.8. The number of hydrogen-bond acceptors (Lipinski definition) is 7. The molecule has 2 aromatic heterocycles. The molecule has 2 heterocycles. The summed E-state index contributed by atoms with van der Waals surface area (Å²) in [7, 11) is 3.10. The molecule has 1 unspecified atom stereocenters. The van der Waals surface area contributed by atoms with Crippen molar-refractivity contribution in [2.75, 3.05) is 19.2 Å². The molecular formula is C11H15N7O3. The summed E-state index contributed by atoms with van der Waals surface area (Å²) in [5, 5.41) is 16.7. The molecule has 2 aromatic rings. The molecule has 112 valence electrons. The fourth-order valence-corrected chi connectivity index (χ4v) is 1.61. The van der Waals surface area contributed by atoms with Gasteiger partial charge in [0, 0.05) is 19.4 Å². The summed E-state index contributed by atoms with van der Waals surface area (Å²) in [6, 6.07) is 1.07. The highest BCUT2D eigenvalue weighted by molar-refractivity contribution is 5.65. The average molecular weight is 293 g/mol. The molecule has 2 rings (SSSR count). The first-order chi connectivity index (χ1) is 10.0. The van der Waals surface area contributed by atoms with Crippen molar-refractivity contribution in [3.8, 4) is 5.95 Å². The van der Waals surface area contributed by atoms with Crippen LogP contribution in [0.5, 0.6) is 0 Å². The van der Waals surface area contributed by atoms with Gasteiger partial charge in [-0.2, -0.15) is 9.67 Å². The van der Waals surface area contributed by atoms with Gasteiger partial charge in [0.15, 0.2) is 5.82 Å². The maximum Gasteiger partial charge on any atom is 0.405 e. The molecule has 0 saturated heterocycles. The quantitative estimate of drug-likeness (QED) is 0.760. The number of hydroxylamine groups is 1. The lowest BCUT2D eigenvalue weighted by molar-refractivity contribution is 0.180. The van der Waals surface area contributed by atoms with E-state index in [4.69, 9.17) is 9.94 Å². The van der Waals surface area contributed by atoms with Crippen LogP contribution in [0.15, 0.2) is 18.5 Å². The van der Waals surface area contributed by atoms with Crippen molar-refractivity contribution in [2.45, 2.75) is 13.0 Å². The molecule has 10 nitrogen and oxygen atoms in total. The first kappa shape index (κ1) is 14.7. The maximum absolute atomic E-state index is 10.8. The highest BCUT2D eigenvalue weighted by Gasteiger charge is 2.22. The summed E-state index contributed by atoms with van der Waals surface area (Å²) in [6.07, 6.45) is 1.96. The summed E-state index contributed by atoms with van der Waals surface area (Å²) in [5.41, 5.74) is 0. The Labute approximate surface area is 120 Å². The van der Waals surface area contributed by atoms with Crippen molar-refractivity contribution < 1.29 is 14.7 Å². The van der Waals surface area contributed by atoms with E-state index in [0.29, 0.717) is 5.82 Å². The standard InChI is InChI=1S/C11H15N7O3/c1-7(14-11(19)20)8-15-10(17(2)21-3)16-18(8)9-12-5-4-6-13-9/h4-7,14H,1-3H3,(H,19,20). The molecular weight excluding hydrogens is 278 g/mol. The molecule has 10 heteroatoms. The SMILES string of the molecule is CON(C)c1nc(C(C)NC(=O)O)n(-c2ncccn2)n1. The van der Waals surface area contributed by atoms with Gasteiger partial charge in [-0.25, -0.2) is 19.8 Å². The van der Waals surface area contributed by atoms with Crippen LogP contribution in [0.25, 0.3) is 5.95 Å². The van der Waals surface area contributed by atoms with Crippen molar-refractivity contribution in [3.63, 3.8) is 0 Å². The normalized spacial score (nSPS) is 12.0. The van der Waals surface area contributed by atoms with Crippen LogP contribution in [0.2, 0.25) is 0 Å². The summed E-state index contributed by atoms with van der Waals surface area (Å²) < 4.78 is 1.37. The molecule has 0 aliphatic carbocycles. The number of anilines is 1. The molecule has 0 aliphatic rings. The fraction of sp³-hybridized carbons (Fsp3) is 0.364. The molecule has 1 amide bonds. The maximum atomic E-state index is 10.8. The van der Waals surface area contributed by atoms with E-state index in [9.17, 15) is 4.79 Å². The first-order valence-electron chi connectivity index (χ1n) is 6.04. The Morgan fingerprint density at radius 2 is 2.14 bits per heavy atom. The van der Waals surface area contributed by atoms with Gasteiger partial charge in [0.25, 0.3) is 11.9 Å². The number of rotatable bonds is 5. The zero-order valence-corrected chi connectivity index (χ0v) is 11.8. The van der Waals surface area contributed by atoms with Crippen molar-refractivity contribution in [1.82, 2.24) is 30.0 Å². The molecule has 1 atom stereocenters. The van der Waals surface area contributed by atoms with Gasteiger partial charge in [-0.1, -0.05) is 0 Å². The van der Waals surface area contributed by atoms with Gasteiger partial charge in [0.1, 0.15) is 0 Å². The second kappa shape index (κ2) is 6.13. The van der Waals surface area contributed by atoms with Crippen LogP contribution in [0, 0.1) is 0 Å². The molecule has 0 fully saturated rings. The van der Waals surface area contributed by atoms with Crippen LogP contribution in [-0.2, 0) is 4.84 Å². The van der Waals surface area contributed by atoms with Crippen LogP contribution in [-0.4, -0.2) is 50.1 Å². The van der Waals surface area contributed by atoms with Gasteiger partial charge >= 0.3 is 6.09 Å². The zero-order chi connectivity index (χ0) is 15.4. The number of aromatic nitrogens is 5. The van der Waals surface area contributed by atoms with Crippen LogP contribution in [0.3, 0.4) is 0 Å². The Balaban J connectivity index is 2.46. The minimum Gasteiger partial charge on any atom is -0.465 e. The number of carbonyl (C=O) groups is 1. The molecule has 0 radical (unpaired) electrons. The van der Waals surface area contributed by atoms with Crippen LogP contribution in [0.4, 0.5) is 10.7 Å². The third kappa shape index (κ3) is 3.23. The molecule has 0 saturated carbocycles. The molecule has 0 bridgehead atoms. The molecule has 0 aromatic carbocycles. The van der Waals surface area contributed by atoms with Crippen molar-refractivity contribution in [3.05, 3.63) is 24.3 Å². The summed E-state index contributed by atoms with van der Waals surface area (Å²) in [6.45, 7) is 1.65. The smallest absolute Gasteiger partial charge is 0.405 e. The van der Waals surface area contributed by atoms with Gasteiger partial charge in [-0.05, 0) is 13.0 Å². The second-order valence-electron chi connectivity index (χ2n) is 4.08. The highest BCUT2D eigenvalue weighted by Crippen LogP contribution is 2.17. The van der Waals surface area contributed by atoms with Gasteiger partial charge in [-0.15, -0.1) is 5.10 Å². The Morgan fingerprint density at radius 3 is 2.71 bits per heavy atom. The topological polar surface area (TPSA) is 118 Å². The van der Waals surface area contributed by atoms with E-state index in [1.807, 2.05) is 0 Å². The second-order valence-corrected chi connectivity index (χ2v) is 4.08. The highest BCUT2D eigenvalue weighted by atomic mass is 16.7. The van der Waals surface area contributed by atoms with Crippen LogP contribution < -0.4 is 10.4 Å². The van der Waals surface area contributed by atoms with Gasteiger partial charge in [0.05, 0.1) is 13.2 Å².